The molecule has 1 aromatic heterocycles. The van der Waals surface area contributed by atoms with Gasteiger partial charge in [-0.05, 0) is 83.5 Å². The third-order valence-electron chi connectivity index (χ3n) is 8.81. The maximum Gasteiger partial charge on any atom is 0.311 e. The highest BCUT2D eigenvalue weighted by Crippen LogP contribution is 2.36. The number of aromatic amines is 1. The number of carbonyl (C=O) groups excluding carboxylic acids is 5. The molecule has 3 rings (SSSR count). The molecule has 11 heteroatoms. The average molecular weight is 651 g/mol. The van der Waals surface area contributed by atoms with Crippen LogP contribution in [0.25, 0.3) is 11.6 Å². The molecule has 0 saturated heterocycles. The van der Waals surface area contributed by atoms with Crippen molar-refractivity contribution in [2.24, 2.45) is 0 Å². The van der Waals surface area contributed by atoms with Crippen molar-refractivity contribution >= 4 is 46.7 Å². The number of aryl methyl sites for hydroxylation is 1. The summed E-state index contributed by atoms with van der Waals surface area (Å²) in [5, 5.41) is 5.82. The molecule has 47 heavy (non-hydrogen) atoms. The summed E-state index contributed by atoms with van der Waals surface area (Å²) in [7, 11) is 0. The lowest BCUT2D eigenvalue weighted by Gasteiger charge is -2.30. The van der Waals surface area contributed by atoms with Gasteiger partial charge in [-0.25, -0.2) is 0 Å². The quantitative estimate of drug-likeness (QED) is 0.111. The number of amides is 2. The van der Waals surface area contributed by atoms with Gasteiger partial charge in [-0.3, -0.25) is 24.0 Å². The lowest BCUT2D eigenvalue weighted by Crippen LogP contribution is -2.42. The molecular formula is C36H50N4O7. The number of rotatable bonds is 18. The second-order valence-electron chi connectivity index (χ2n) is 12.1. The number of nitrogens with zero attached hydrogens (tertiary/aromatic N) is 1. The minimum Gasteiger partial charge on any atom is -0.426 e. The fourth-order valence-electron chi connectivity index (χ4n) is 5.65. The highest BCUT2D eigenvalue weighted by atomic mass is 16.5. The Morgan fingerprint density at radius 1 is 1.04 bits per heavy atom. The molecule has 1 aromatic carbocycles. The molecular weight excluding hydrogens is 600 g/mol. The number of H-pyrrole nitrogens is 1. The molecule has 0 aliphatic carbocycles. The Morgan fingerprint density at radius 3 is 2.38 bits per heavy atom. The lowest BCUT2D eigenvalue weighted by molar-refractivity contribution is -0.157. The Morgan fingerprint density at radius 2 is 1.74 bits per heavy atom. The number of hydrogen-bond donors (Lipinski definition) is 3. The topological polar surface area (TPSA) is 147 Å². The highest BCUT2D eigenvalue weighted by molar-refractivity contribution is 6.35. The SMILES string of the molecule is CCCC(=O)C(C)OC(C)(CC)C(=O)CCC(=O)Oc1ccc2c(c1)/C(=C/c1[nH]c(C)c(C(=O)NCCN(CC)CC)c1C)C(=O)N2. The van der Waals surface area contributed by atoms with Gasteiger partial charge in [0.2, 0.25) is 0 Å². The summed E-state index contributed by atoms with van der Waals surface area (Å²) in [6.07, 6.45) is 2.12. The standard InChI is InChI=1S/C36H50N4O7/c1-9-13-30(41)24(7)47-36(8,10-2)31(42)16-17-32(43)46-25-14-15-28-26(20-25)27(34(44)39-28)21-29-22(5)33(23(6)38-29)35(45)37-18-19-40(11-3)12-4/h14-15,20-21,24,38H,9-13,16-19H2,1-8H3,(H,37,45)(H,39,44)/b27-21-. The zero-order valence-corrected chi connectivity index (χ0v) is 29.1. The maximum atomic E-state index is 13.0. The fourth-order valence-corrected chi connectivity index (χ4v) is 5.65. The van der Waals surface area contributed by atoms with Crippen LogP contribution in [-0.4, -0.2) is 77.1 Å². The number of likely N-dealkylation sites (N-methyl/N-ethyl adjacent to an activating group) is 1. The van der Waals surface area contributed by atoms with Gasteiger partial charge in [0.1, 0.15) is 17.5 Å². The Hall–Kier alpha value is -4.09. The molecule has 256 valence electrons. The van der Waals surface area contributed by atoms with Crippen molar-refractivity contribution in [1.29, 1.82) is 0 Å². The van der Waals surface area contributed by atoms with Gasteiger partial charge < -0.3 is 30.0 Å². The van der Waals surface area contributed by atoms with E-state index < -0.39 is 17.7 Å². The number of ketones is 2. The molecule has 0 spiro atoms. The van der Waals surface area contributed by atoms with E-state index in [0.29, 0.717) is 59.6 Å². The first-order valence-electron chi connectivity index (χ1n) is 16.6. The number of anilines is 1. The van der Waals surface area contributed by atoms with Crippen molar-refractivity contribution in [2.75, 3.05) is 31.5 Å². The van der Waals surface area contributed by atoms with Gasteiger partial charge in [0, 0.05) is 48.6 Å². The van der Waals surface area contributed by atoms with Gasteiger partial charge in [-0.1, -0.05) is 27.7 Å². The molecule has 0 bridgehead atoms. The van der Waals surface area contributed by atoms with Crippen molar-refractivity contribution in [2.45, 2.75) is 99.2 Å². The molecule has 0 radical (unpaired) electrons. The fraction of sp³-hybridized carbons (Fsp3) is 0.528. The van der Waals surface area contributed by atoms with E-state index in [4.69, 9.17) is 9.47 Å². The molecule has 2 atom stereocenters. The van der Waals surface area contributed by atoms with Crippen molar-refractivity contribution in [3.63, 3.8) is 0 Å². The number of fused-ring (bicyclic) bond motifs is 1. The van der Waals surface area contributed by atoms with Gasteiger partial charge in [0.25, 0.3) is 11.8 Å². The normalized spacial score (nSPS) is 15.3. The molecule has 2 aromatic rings. The summed E-state index contributed by atoms with van der Waals surface area (Å²) in [6, 6.07) is 4.83. The minimum absolute atomic E-state index is 0.0636. The van der Waals surface area contributed by atoms with Gasteiger partial charge in [-0.15, -0.1) is 0 Å². The third-order valence-corrected chi connectivity index (χ3v) is 8.81. The molecule has 11 nitrogen and oxygen atoms in total. The summed E-state index contributed by atoms with van der Waals surface area (Å²) in [6.45, 7) is 17.9. The third kappa shape index (κ3) is 9.26. The van der Waals surface area contributed by atoms with Crippen molar-refractivity contribution in [1.82, 2.24) is 15.2 Å². The number of benzene rings is 1. The summed E-state index contributed by atoms with van der Waals surface area (Å²) >= 11 is 0. The van der Waals surface area contributed by atoms with Gasteiger partial charge in [0.15, 0.2) is 11.6 Å². The van der Waals surface area contributed by atoms with E-state index in [1.807, 2.05) is 20.8 Å². The molecule has 2 unspecified atom stereocenters. The van der Waals surface area contributed by atoms with Gasteiger partial charge >= 0.3 is 5.97 Å². The summed E-state index contributed by atoms with van der Waals surface area (Å²) < 4.78 is 11.4. The van der Waals surface area contributed by atoms with E-state index >= 15 is 0 Å². The number of carbonyl (C=O) groups is 5. The van der Waals surface area contributed by atoms with E-state index in [1.54, 1.807) is 45.0 Å². The second kappa shape index (κ2) is 16.6. The van der Waals surface area contributed by atoms with E-state index in [9.17, 15) is 24.0 Å². The summed E-state index contributed by atoms with van der Waals surface area (Å²) in [5.74, 6) is -1.23. The second-order valence-corrected chi connectivity index (χ2v) is 12.1. The number of hydrogen-bond acceptors (Lipinski definition) is 8. The van der Waals surface area contributed by atoms with Crippen LogP contribution in [0.5, 0.6) is 5.75 Å². The number of ether oxygens (including phenoxy) is 2. The van der Waals surface area contributed by atoms with Crippen LogP contribution in [0.4, 0.5) is 5.69 Å². The van der Waals surface area contributed by atoms with E-state index in [0.717, 1.165) is 25.2 Å². The molecule has 2 amide bonds. The molecule has 0 fully saturated rings. The van der Waals surface area contributed by atoms with Crippen LogP contribution < -0.4 is 15.4 Å². The number of Topliss-reactive ketones (excluding diaryl/α,β-unsaturated/α-hetero) is 2. The molecule has 1 aliphatic heterocycles. The highest BCUT2D eigenvalue weighted by Gasteiger charge is 2.35. The van der Waals surface area contributed by atoms with Crippen molar-refractivity contribution in [3.05, 3.63) is 46.3 Å². The van der Waals surface area contributed by atoms with Crippen LogP contribution in [0, 0.1) is 13.8 Å². The van der Waals surface area contributed by atoms with Gasteiger partial charge in [-0.2, -0.15) is 0 Å². The molecule has 2 heterocycles. The summed E-state index contributed by atoms with van der Waals surface area (Å²) in [5.41, 5.74) is 2.85. The monoisotopic (exact) mass is 650 g/mol. The number of esters is 1. The Labute approximate surface area is 277 Å². The number of aromatic nitrogens is 1. The molecule has 1 aliphatic rings. The Balaban J connectivity index is 1.70. The van der Waals surface area contributed by atoms with Crippen LogP contribution in [0.2, 0.25) is 0 Å². The minimum atomic E-state index is -1.19. The molecule has 0 saturated carbocycles. The lowest BCUT2D eigenvalue weighted by atomic mass is 9.93. The first-order chi connectivity index (χ1) is 22.3. The zero-order valence-electron chi connectivity index (χ0n) is 29.1. The van der Waals surface area contributed by atoms with Crippen LogP contribution in [-0.2, 0) is 23.9 Å². The average Bonchev–Trinajstić information content (AvgIpc) is 3.50. The van der Waals surface area contributed by atoms with E-state index in [-0.39, 0.29) is 42.0 Å². The predicted molar refractivity (Wildman–Crippen MR) is 182 cm³/mol. The Bertz CT molecular complexity index is 1520. The van der Waals surface area contributed by atoms with Crippen LogP contribution in [0.1, 0.15) is 107 Å². The van der Waals surface area contributed by atoms with Crippen molar-refractivity contribution in [3.8, 4) is 5.75 Å². The first-order valence-corrected chi connectivity index (χ1v) is 16.6. The zero-order chi connectivity index (χ0) is 34.9. The van der Waals surface area contributed by atoms with E-state index in [2.05, 4.69) is 34.4 Å². The van der Waals surface area contributed by atoms with Gasteiger partial charge in [0.05, 0.1) is 17.6 Å². The predicted octanol–water partition coefficient (Wildman–Crippen LogP) is 5.39. The smallest absolute Gasteiger partial charge is 0.311 e. The van der Waals surface area contributed by atoms with E-state index in [1.165, 1.54) is 0 Å². The van der Waals surface area contributed by atoms with Crippen LogP contribution in [0.15, 0.2) is 18.2 Å². The van der Waals surface area contributed by atoms with Crippen LogP contribution in [0.3, 0.4) is 0 Å². The van der Waals surface area contributed by atoms with Crippen molar-refractivity contribution < 1.29 is 33.4 Å². The summed E-state index contributed by atoms with van der Waals surface area (Å²) in [4.78, 5) is 69.5. The van der Waals surface area contributed by atoms with Crippen LogP contribution >= 0.6 is 0 Å². The number of nitrogens with one attached hydrogen (secondary N) is 3. The Kier molecular flexibility index (Phi) is 13.2. The molecule has 3 N–H and O–H groups in total. The maximum absolute atomic E-state index is 13.0. The first kappa shape index (κ1) is 37.4. The largest absolute Gasteiger partial charge is 0.426 e.